The molecule has 2 aromatic rings. The molecule has 11 heteroatoms. The Morgan fingerprint density at radius 1 is 1.22 bits per heavy atom. The quantitative estimate of drug-likeness (QED) is 0.274. The SMILES string of the molecule is C=CC(=O)NCCCC(=O)N1CCCC(Nc2nnc(C(N)=O)c(Nc3ccc(C(C)C)cc3)n2)C1. The predicted octanol–water partition coefficient (Wildman–Crippen LogP) is 2.32. The molecular formula is C25H34N8O3. The van der Waals surface area contributed by atoms with Crippen molar-refractivity contribution >= 4 is 35.2 Å². The Kier molecular flexibility index (Phi) is 9.32. The van der Waals surface area contributed by atoms with Crippen molar-refractivity contribution in [3.05, 3.63) is 48.2 Å². The van der Waals surface area contributed by atoms with Gasteiger partial charge in [-0.05, 0) is 49.0 Å². The van der Waals surface area contributed by atoms with Crippen molar-refractivity contribution < 1.29 is 14.4 Å². The fourth-order valence-corrected chi connectivity index (χ4v) is 3.91. The molecular weight excluding hydrogens is 460 g/mol. The molecule has 0 aliphatic carbocycles. The number of hydrogen-bond acceptors (Lipinski definition) is 8. The van der Waals surface area contributed by atoms with Gasteiger partial charge >= 0.3 is 0 Å². The first-order valence-corrected chi connectivity index (χ1v) is 12.1. The zero-order chi connectivity index (χ0) is 26.1. The van der Waals surface area contributed by atoms with Crippen molar-refractivity contribution in [1.82, 2.24) is 25.4 Å². The number of carbonyl (C=O) groups excluding carboxylic acids is 3. The van der Waals surface area contributed by atoms with Gasteiger partial charge in [0.05, 0.1) is 0 Å². The van der Waals surface area contributed by atoms with Gasteiger partial charge in [0.2, 0.25) is 17.8 Å². The number of nitrogens with one attached hydrogen (secondary N) is 3. The van der Waals surface area contributed by atoms with Gasteiger partial charge in [0.15, 0.2) is 11.5 Å². The molecule has 36 heavy (non-hydrogen) atoms. The van der Waals surface area contributed by atoms with E-state index in [9.17, 15) is 14.4 Å². The van der Waals surface area contributed by atoms with Crippen LogP contribution in [0.15, 0.2) is 36.9 Å². The summed E-state index contributed by atoms with van der Waals surface area (Å²) in [5.74, 6) is -0.0968. The molecule has 1 fully saturated rings. The Bertz CT molecular complexity index is 1090. The number of amides is 3. The number of rotatable bonds is 11. The van der Waals surface area contributed by atoms with E-state index in [-0.39, 0.29) is 35.3 Å². The van der Waals surface area contributed by atoms with Crippen LogP contribution in [0.5, 0.6) is 0 Å². The molecule has 2 heterocycles. The van der Waals surface area contributed by atoms with Crippen LogP contribution in [-0.2, 0) is 9.59 Å². The fourth-order valence-electron chi connectivity index (χ4n) is 3.91. The summed E-state index contributed by atoms with van der Waals surface area (Å²) in [5, 5.41) is 17.0. The summed E-state index contributed by atoms with van der Waals surface area (Å²) in [6, 6.07) is 7.76. The Morgan fingerprint density at radius 2 is 1.97 bits per heavy atom. The van der Waals surface area contributed by atoms with Crippen LogP contribution in [0.2, 0.25) is 0 Å². The van der Waals surface area contributed by atoms with Crippen LogP contribution < -0.4 is 21.7 Å². The molecule has 1 atom stereocenters. The summed E-state index contributed by atoms with van der Waals surface area (Å²) in [4.78, 5) is 42.0. The Labute approximate surface area is 210 Å². The highest BCUT2D eigenvalue weighted by Crippen LogP contribution is 2.22. The molecule has 3 rings (SSSR count). The lowest BCUT2D eigenvalue weighted by Gasteiger charge is -2.33. The van der Waals surface area contributed by atoms with Crippen LogP contribution >= 0.6 is 0 Å². The van der Waals surface area contributed by atoms with E-state index in [2.05, 4.69) is 51.6 Å². The highest BCUT2D eigenvalue weighted by atomic mass is 16.2. The number of hydrogen-bond donors (Lipinski definition) is 4. The lowest BCUT2D eigenvalue weighted by atomic mass is 10.0. The van der Waals surface area contributed by atoms with E-state index in [1.54, 1.807) is 4.90 Å². The average molecular weight is 495 g/mol. The van der Waals surface area contributed by atoms with Crippen LogP contribution in [0.1, 0.15) is 61.5 Å². The minimum atomic E-state index is -0.735. The largest absolute Gasteiger partial charge is 0.364 e. The molecule has 3 amide bonds. The van der Waals surface area contributed by atoms with Gasteiger partial charge in [-0.2, -0.15) is 4.98 Å². The number of nitrogens with zero attached hydrogens (tertiary/aromatic N) is 4. The first kappa shape index (κ1) is 26.6. The number of anilines is 3. The monoisotopic (exact) mass is 494 g/mol. The maximum atomic E-state index is 12.6. The molecule has 192 valence electrons. The lowest BCUT2D eigenvalue weighted by Crippen LogP contribution is -2.45. The van der Waals surface area contributed by atoms with Gasteiger partial charge < -0.3 is 26.6 Å². The maximum absolute atomic E-state index is 12.6. The summed E-state index contributed by atoms with van der Waals surface area (Å²) >= 11 is 0. The van der Waals surface area contributed by atoms with E-state index < -0.39 is 5.91 Å². The van der Waals surface area contributed by atoms with Crippen molar-refractivity contribution in [3.8, 4) is 0 Å². The molecule has 1 aliphatic rings. The standard InChI is InChI=1S/C25H34N8O3/c1-4-20(34)27-13-5-8-21(35)33-14-6-7-19(15-33)29-25-30-24(22(23(26)36)31-32-25)28-18-11-9-17(10-12-18)16(2)3/h4,9-12,16,19H,1,5-8,13-15H2,2-3H3,(H2,26,36)(H,27,34)(H2,28,29,30,32). The van der Waals surface area contributed by atoms with Crippen molar-refractivity contribution in [2.45, 2.75) is 51.5 Å². The summed E-state index contributed by atoms with van der Waals surface area (Å²) in [6.07, 6.45) is 3.77. The Morgan fingerprint density at radius 3 is 2.64 bits per heavy atom. The molecule has 1 aromatic heterocycles. The molecule has 1 unspecified atom stereocenters. The van der Waals surface area contributed by atoms with Crippen molar-refractivity contribution in [2.24, 2.45) is 5.73 Å². The smallest absolute Gasteiger partial charge is 0.273 e. The predicted molar refractivity (Wildman–Crippen MR) is 138 cm³/mol. The topological polar surface area (TPSA) is 155 Å². The van der Waals surface area contributed by atoms with Gasteiger partial charge in [-0.25, -0.2) is 0 Å². The Hall–Kier alpha value is -4.02. The Balaban J connectivity index is 1.62. The summed E-state index contributed by atoms with van der Waals surface area (Å²) < 4.78 is 0. The second-order valence-electron chi connectivity index (χ2n) is 9.02. The normalized spacial score (nSPS) is 15.3. The summed E-state index contributed by atoms with van der Waals surface area (Å²) in [7, 11) is 0. The maximum Gasteiger partial charge on any atom is 0.273 e. The molecule has 0 radical (unpaired) electrons. The van der Waals surface area contributed by atoms with Crippen molar-refractivity contribution in [2.75, 3.05) is 30.3 Å². The lowest BCUT2D eigenvalue weighted by molar-refractivity contribution is -0.132. The van der Waals surface area contributed by atoms with Crippen LogP contribution in [0.25, 0.3) is 0 Å². The minimum absolute atomic E-state index is 0.0321. The van der Waals surface area contributed by atoms with E-state index in [0.717, 1.165) is 18.5 Å². The zero-order valence-electron chi connectivity index (χ0n) is 20.8. The van der Waals surface area contributed by atoms with Crippen LogP contribution in [0.4, 0.5) is 17.5 Å². The molecule has 11 nitrogen and oxygen atoms in total. The second kappa shape index (κ2) is 12.6. The van der Waals surface area contributed by atoms with Crippen LogP contribution in [-0.4, -0.2) is 63.5 Å². The van der Waals surface area contributed by atoms with Gasteiger partial charge in [-0.1, -0.05) is 32.6 Å². The second-order valence-corrected chi connectivity index (χ2v) is 9.02. The zero-order valence-corrected chi connectivity index (χ0v) is 20.8. The molecule has 5 N–H and O–H groups in total. The highest BCUT2D eigenvalue weighted by molar-refractivity contribution is 5.96. The molecule has 1 aromatic carbocycles. The summed E-state index contributed by atoms with van der Waals surface area (Å²) in [6.45, 7) is 9.23. The summed E-state index contributed by atoms with van der Waals surface area (Å²) in [5.41, 5.74) is 7.35. The average Bonchev–Trinajstić information content (AvgIpc) is 2.86. The first-order chi connectivity index (χ1) is 17.3. The number of aromatic nitrogens is 3. The minimum Gasteiger partial charge on any atom is -0.364 e. The van der Waals surface area contributed by atoms with Crippen LogP contribution in [0, 0.1) is 0 Å². The van der Waals surface area contributed by atoms with Crippen molar-refractivity contribution in [1.29, 1.82) is 0 Å². The van der Waals surface area contributed by atoms with Gasteiger partial charge in [0.1, 0.15) is 0 Å². The van der Waals surface area contributed by atoms with Gasteiger partial charge in [-0.15, -0.1) is 10.2 Å². The molecule has 1 aliphatic heterocycles. The van der Waals surface area contributed by atoms with E-state index in [4.69, 9.17) is 5.73 Å². The fraction of sp³-hybridized carbons (Fsp3) is 0.440. The third kappa shape index (κ3) is 7.49. The van der Waals surface area contributed by atoms with E-state index in [1.165, 1.54) is 11.6 Å². The van der Waals surface area contributed by atoms with Gasteiger partial charge in [-0.3, -0.25) is 14.4 Å². The molecule has 1 saturated heterocycles. The number of carbonyl (C=O) groups is 3. The number of primary amides is 1. The third-order valence-electron chi connectivity index (χ3n) is 5.92. The number of benzene rings is 1. The molecule has 0 spiro atoms. The van der Waals surface area contributed by atoms with Gasteiger partial charge in [0, 0.05) is 37.8 Å². The van der Waals surface area contributed by atoms with E-state index in [1.807, 2.05) is 24.3 Å². The van der Waals surface area contributed by atoms with E-state index in [0.29, 0.717) is 38.4 Å². The van der Waals surface area contributed by atoms with E-state index >= 15 is 0 Å². The molecule has 0 saturated carbocycles. The third-order valence-corrected chi connectivity index (χ3v) is 5.92. The first-order valence-electron chi connectivity index (χ1n) is 12.1. The number of likely N-dealkylation sites (tertiary alicyclic amines) is 1. The number of nitrogens with two attached hydrogens (primary N) is 1. The van der Waals surface area contributed by atoms with Gasteiger partial charge in [0.25, 0.3) is 5.91 Å². The van der Waals surface area contributed by atoms with Crippen molar-refractivity contribution in [3.63, 3.8) is 0 Å². The highest BCUT2D eigenvalue weighted by Gasteiger charge is 2.24. The molecule has 0 bridgehead atoms. The van der Waals surface area contributed by atoms with Crippen LogP contribution in [0.3, 0.4) is 0 Å². The number of piperidine rings is 1.